The molecule has 1 fully saturated rings. The molecule has 2 atom stereocenters. The highest BCUT2D eigenvalue weighted by Crippen LogP contribution is 2.41. The second-order valence-electron chi connectivity index (χ2n) is 8.31. The van der Waals surface area contributed by atoms with Crippen molar-refractivity contribution in [1.82, 2.24) is 9.88 Å². The molecule has 1 amide bonds. The molecule has 1 saturated heterocycles. The SMILES string of the molecule is C[C@@H](c1ccc(-c2cccnc2)cc1)N1CC[C@](CCO)(c2ccc(F)cc2)CC1=O. The van der Waals surface area contributed by atoms with Crippen LogP contribution in [0.2, 0.25) is 0 Å². The van der Waals surface area contributed by atoms with Gasteiger partial charge in [0.2, 0.25) is 5.91 Å². The quantitative estimate of drug-likeness (QED) is 0.620. The van der Waals surface area contributed by atoms with Crippen molar-refractivity contribution in [3.05, 3.63) is 90.0 Å². The summed E-state index contributed by atoms with van der Waals surface area (Å²) in [6.07, 6.45) is 5.14. The lowest BCUT2D eigenvalue weighted by Crippen LogP contribution is -2.47. The molecule has 0 spiro atoms. The van der Waals surface area contributed by atoms with Gasteiger partial charge in [0, 0.05) is 37.4 Å². The van der Waals surface area contributed by atoms with Crippen LogP contribution in [-0.4, -0.2) is 34.0 Å². The number of pyridine rings is 1. The highest BCUT2D eigenvalue weighted by molar-refractivity contribution is 5.79. The second-order valence-corrected chi connectivity index (χ2v) is 8.31. The van der Waals surface area contributed by atoms with Gasteiger partial charge in [-0.15, -0.1) is 0 Å². The Hall–Kier alpha value is -3.05. The summed E-state index contributed by atoms with van der Waals surface area (Å²) in [5.41, 5.74) is 3.71. The number of hydrogen-bond donors (Lipinski definition) is 1. The van der Waals surface area contributed by atoms with Crippen LogP contribution in [0, 0.1) is 5.82 Å². The van der Waals surface area contributed by atoms with E-state index >= 15 is 0 Å². The molecule has 31 heavy (non-hydrogen) atoms. The molecular weight excluding hydrogens is 391 g/mol. The largest absolute Gasteiger partial charge is 0.396 e. The first-order valence-electron chi connectivity index (χ1n) is 10.7. The molecule has 160 valence electrons. The minimum Gasteiger partial charge on any atom is -0.396 e. The molecule has 0 unspecified atom stereocenters. The summed E-state index contributed by atoms with van der Waals surface area (Å²) >= 11 is 0. The van der Waals surface area contributed by atoms with E-state index in [9.17, 15) is 14.3 Å². The maximum Gasteiger partial charge on any atom is 0.223 e. The first-order chi connectivity index (χ1) is 15.0. The van der Waals surface area contributed by atoms with Crippen molar-refractivity contribution in [3.63, 3.8) is 0 Å². The third-order valence-corrected chi connectivity index (χ3v) is 6.54. The Morgan fingerprint density at radius 1 is 1.10 bits per heavy atom. The molecule has 0 saturated carbocycles. The number of aliphatic hydroxyl groups is 1. The molecule has 5 heteroatoms. The maximum atomic E-state index is 13.4. The third-order valence-electron chi connectivity index (χ3n) is 6.54. The molecule has 1 aliphatic heterocycles. The van der Waals surface area contributed by atoms with Gasteiger partial charge in [-0.1, -0.05) is 42.5 Å². The number of likely N-dealkylation sites (tertiary alicyclic amines) is 1. The molecule has 0 radical (unpaired) electrons. The number of benzene rings is 2. The predicted octanol–water partition coefficient (Wildman–Crippen LogP) is 4.89. The van der Waals surface area contributed by atoms with Crippen LogP contribution in [0.4, 0.5) is 4.39 Å². The Kier molecular flexibility index (Phi) is 6.14. The Balaban J connectivity index is 1.51. The standard InChI is InChI=1S/C26H27FN2O2/c1-19(20-4-6-21(7-5-20)22-3-2-14-28-18-22)29-15-12-26(13-16-30,17-25(29)31)23-8-10-24(27)11-9-23/h2-11,14,18-19,30H,12-13,15-17H2,1H3/t19-,26+/m0/s1. The Bertz CT molecular complexity index is 1020. The average molecular weight is 419 g/mol. The molecule has 1 aliphatic rings. The van der Waals surface area contributed by atoms with E-state index in [1.807, 2.05) is 30.2 Å². The Morgan fingerprint density at radius 2 is 1.84 bits per heavy atom. The number of halogens is 1. The van der Waals surface area contributed by atoms with Gasteiger partial charge in [0.15, 0.2) is 0 Å². The van der Waals surface area contributed by atoms with E-state index in [0.29, 0.717) is 19.4 Å². The van der Waals surface area contributed by atoms with Crippen LogP contribution in [0.25, 0.3) is 11.1 Å². The molecule has 1 aromatic heterocycles. The van der Waals surface area contributed by atoms with Crippen molar-refractivity contribution in [2.75, 3.05) is 13.2 Å². The van der Waals surface area contributed by atoms with E-state index in [0.717, 1.165) is 28.7 Å². The molecule has 4 rings (SSSR count). The fraction of sp³-hybridized carbons (Fsp3) is 0.308. The topological polar surface area (TPSA) is 53.4 Å². The van der Waals surface area contributed by atoms with Crippen LogP contribution >= 0.6 is 0 Å². The van der Waals surface area contributed by atoms with E-state index in [1.165, 1.54) is 12.1 Å². The van der Waals surface area contributed by atoms with E-state index in [1.54, 1.807) is 18.3 Å². The van der Waals surface area contributed by atoms with Gasteiger partial charge in [0.1, 0.15) is 5.82 Å². The molecule has 4 nitrogen and oxygen atoms in total. The van der Waals surface area contributed by atoms with Gasteiger partial charge in [0.25, 0.3) is 0 Å². The van der Waals surface area contributed by atoms with Crippen LogP contribution in [0.15, 0.2) is 73.1 Å². The van der Waals surface area contributed by atoms with Gasteiger partial charge in [-0.05, 0) is 60.2 Å². The van der Waals surface area contributed by atoms with Crippen molar-refractivity contribution < 1.29 is 14.3 Å². The van der Waals surface area contributed by atoms with Crippen LogP contribution in [-0.2, 0) is 10.2 Å². The van der Waals surface area contributed by atoms with Crippen molar-refractivity contribution in [2.45, 2.75) is 37.6 Å². The molecule has 2 heterocycles. The Labute approximate surface area is 182 Å². The number of aromatic nitrogens is 1. The summed E-state index contributed by atoms with van der Waals surface area (Å²) in [5.74, 6) is -0.233. The third kappa shape index (κ3) is 4.37. The normalized spacial score (nSPS) is 20.0. The maximum absolute atomic E-state index is 13.4. The van der Waals surface area contributed by atoms with Crippen LogP contribution in [0.1, 0.15) is 43.4 Å². The van der Waals surface area contributed by atoms with Gasteiger partial charge in [-0.2, -0.15) is 0 Å². The fourth-order valence-electron chi connectivity index (χ4n) is 4.64. The lowest BCUT2D eigenvalue weighted by Gasteiger charge is -2.44. The molecule has 0 bridgehead atoms. The smallest absolute Gasteiger partial charge is 0.223 e. The van der Waals surface area contributed by atoms with Crippen molar-refractivity contribution in [1.29, 1.82) is 0 Å². The zero-order chi connectivity index (χ0) is 21.8. The molecule has 1 N–H and O–H groups in total. The van der Waals surface area contributed by atoms with Crippen LogP contribution < -0.4 is 0 Å². The number of amides is 1. The predicted molar refractivity (Wildman–Crippen MR) is 119 cm³/mol. The van der Waals surface area contributed by atoms with Crippen molar-refractivity contribution in [2.24, 2.45) is 0 Å². The first kappa shape index (κ1) is 21.2. The summed E-state index contributed by atoms with van der Waals surface area (Å²) in [6.45, 7) is 2.64. The van der Waals surface area contributed by atoms with Gasteiger partial charge >= 0.3 is 0 Å². The fourth-order valence-corrected chi connectivity index (χ4v) is 4.64. The van der Waals surface area contributed by atoms with Crippen LogP contribution in [0.3, 0.4) is 0 Å². The lowest BCUT2D eigenvalue weighted by molar-refractivity contribution is -0.138. The Morgan fingerprint density at radius 3 is 2.45 bits per heavy atom. The number of carbonyl (C=O) groups is 1. The zero-order valence-corrected chi connectivity index (χ0v) is 17.7. The lowest BCUT2D eigenvalue weighted by atomic mass is 9.70. The van der Waals surface area contributed by atoms with Crippen molar-refractivity contribution >= 4 is 5.91 Å². The second kappa shape index (κ2) is 8.98. The van der Waals surface area contributed by atoms with Gasteiger partial charge in [-0.25, -0.2) is 4.39 Å². The van der Waals surface area contributed by atoms with Crippen molar-refractivity contribution in [3.8, 4) is 11.1 Å². The molecule has 3 aromatic rings. The minimum atomic E-state index is -0.445. The minimum absolute atomic E-state index is 0.00395. The van der Waals surface area contributed by atoms with Gasteiger partial charge in [-0.3, -0.25) is 9.78 Å². The van der Waals surface area contributed by atoms with E-state index < -0.39 is 5.41 Å². The highest BCUT2D eigenvalue weighted by atomic mass is 19.1. The number of hydrogen-bond acceptors (Lipinski definition) is 3. The summed E-state index contributed by atoms with van der Waals surface area (Å²) in [6, 6.07) is 18.5. The molecule has 2 aromatic carbocycles. The first-order valence-corrected chi connectivity index (χ1v) is 10.7. The summed E-state index contributed by atoms with van der Waals surface area (Å²) in [7, 11) is 0. The zero-order valence-electron chi connectivity index (χ0n) is 17.7. The molecular formula is C26H27FN2O2. The van der Waals surface area contributed by atoms with E-state index in [4.69, 9.17) is 0 Å². The number of rotatable bonds is 6. The highest BCUT2D eigenvalue weighted by Gasteiger charge is 2.41. The van der Waals surface area contributed by atoms with Gasteiger partial charge in [0.05, 0.1) is 6.04 Å². The van der Waals surface area contributed by atoms with Gasteiger partial charge < -0.3 is 10.0 Å². The average Bonchev–Trinajstić information content (AvgIpc) is 2.80. The monoisotopic (exact) mass is 418 g/mol. The van der Waals surface area contributed by atoms with E-state index in [2.05, 4.69) is 29.2 Å². The molecule has 0 aliphatic carbocycles. The summed E-state index contributed by atoms with van der Waals surface area (Å²) in [4.78, 5) is 19.3. The number of nitrogens with zero attached hydrogens (tertiary/aromatic N) is 2. The van der Waals surface area contributed by atoms with Crippen LogP contribution in [0.5, 0.6) is 0 Å². The number of aliphatic hydroxyl groups excluding tert-OH is 1. The number of carbonyl (C=O) groups excluding carboxylic acids is 1. The summed E-state index contributed by atoms with van der Waals surface area (Å²) in [5, 5.41) is 9.66. The van der Waals surface area contributed by atoms with E-state index in [-0.39, 0.29) is 24.4 Å². The summed E-state index contributed by atoms with van der Waals surface area (Å²) < 4.78 is 13.4. The number of piperidine rings is 1.